The molecule has 1 heterocycles. The van der Waals surface area contributed by atoms with Crippen LogP contribution in [0.4, 0.5) is 0 Å². The van der Waals surface area contributed by atoms with E-state index >= 15 is 0 Å². The summed E-state index contributed by atoms with van der Waals surface area (Å²) in [5.74, 6) is 0.223. The molecule has 112 valence electrons. The van der Waals surface area contributed by atoms with Crippen molar-refractivity contribution in [3.05, 3.63) is 35.4 Å². The third kappa shape index (κ3) is 5.96. The van der Waals surface area contributed by atoms with Crippen LogP contribution in [0.15, 0.2) is 24.3 Å². The van der Waals surface area contributed by atoms with E-state index in [-0.39, 0.29) is 52.7 Å². The van der Waals surface area contributed by atoms with Crippen LogP contribution in [0.1, 0.15) is 30.6 Å². The molecular weight excluding hydrogens is 429 g/mol. The molecule has 0 aromatic heterocycles. The molecule has 19 heavy (non-hydrogen) atoms. The number of ether oxygens (including phenoxy) is 2. The minimum atomic E-state index is 0. The molecule has 1 aliphatic heterocycles. The van der Waals surface area contributed by atoms with Crippen molar-refractivity contribution in [1.82, 2.24) is 0 Å². The van der Waals surface area contributed by atoms with E-state index in [2.05, 4.69) is 12.1 Å². The Morgan fingerprint density at radius 3 is 2.63 bits per heavy atom. The first kappa shape index (κ1) is 19.1. The normalized spacial score (nSPS) is 18.1. The summed E-state index contributed by atoms with van der Waals surface area (Å²) in [6.45, 7) is 3.55. The van der Waals surface area contributed by atoms with Crippen LogP contribution in [0, 0.1) is 0 Å². The van der Waals surface area contributed by atoms with Gasteiger partial charge in [-0.1, -0.05) is 24.3 Å². The van der Waals surface area contributed by atoms with E-state index in [1.807, 2.05) is 12.1 Å². The Kier molecular flexibility index (Phi) is 10.0. The van der Waals surface area contributed by atoms with Crippen LogP contribution in [-0.2, 0) is 61.5 Å². The monoisotopic (exact) mass is 446 g/mol. The van der Waals surface area contributed by atoms with Gasteiger partial charge in [0.25, 0.3) is 0 Å². The first-order chi connectivity index (χ1) is 8.27. The molecule has 0 N–H and O–H groups in total. The maximum atomic E-state index is 11.0. The molecule has 0 radical (unpaired) electrons. The molecule has 3 nitrogen and oxygen atoms in total. The van der Waals surface area contributed by atoms with Crippen molar-refractivity contribution in [1.29, 1.82) is 0 Å². The zero-order valence-electron chi connectivity index (χ0n) is 10.8. The number of aryl methyl sites for hydroxylation is 1. The van der Waals surface area contributed by atoms with Gasteiger partial charge < -0.3 is 14.3 Å². The smallest absolute Gasteiger partial charge is 0.130 e. The van der Waals surface area contributed by atoms with Gasteiger partial charge in [-0.05, 0) is 24.5 Å². The van der Waals surface area contributed by atoms with Gasteiger partial charge in [-0.2, -0.15) is 0 Å². The van der Waals surface area contributed by atoms with Crippen LogP contribution in [0.3, 0.4) is 0 Å². The second kappa shape index (κ2) is 9.95. The zero-order valence-corrected chi connectivity index (χ0v) is 13.9. The third-order valence-corrected chi connectivity index (χ3v) is 2.96. The summed E-state index contributed by atoms with van der Waals surface area (Å²) < 4.78 is 11.1. The Bertz CT molecular complexity index is 390. The molecule has 2 rings (SSSR count). The van der Waals surface area contributed by atoms with Crippen LogP contribution >= 0.6 is 0 Å². The number of benzene rings is 1. The quantitative estimate of drug-likeness (QED) is 0.665. The van der Waals surface area contributed by atoms with Gasteiger partial charge in [-0.25, -0.2) is 0 Å². The van der Waals surface area contributed by atoms with Gasteiger partial charge in [0.05, 0.1) is 19.8 Å². The largest absolute Gasteiger partial charge is 0.376 e. The molecule has 1 atom stereocenters. The average Bonchev–Trinajstić information content (AvgIpc) is 2.38. The maximum Gasteiger partial charge on any atom is 0.130 e. The molecule has 0 aliphatic carbocycles. The standard InChI is InChI=1S/C14H18O3.2Pd/c1-11(15)6-7-12-4-2-3-5-13(12)14-10-16-8-9-17-14;;/h2-5,14H,6-10H2,1H3;;. The van der Waals surface area contributed by atoms with Crippen molar-refractivity contribution in [2.45, 2.75) is 25.9 Å². The molecule has 1 fully saturated rings. The second-order valence-corrected chi connectivity index (χ2v) is 4.34. The summed E-state index contributed by atoms with van der Waals surface area (Å²) in [6, 6.07) is 8.14. The first-order valence-corrected chi connectivity index (χ1v) is 6.04. The second-order valence-electron chi connectivity index (χ2n) is 4.34. The summed E-state index contributed by atoms with van der Waals surface area (Å²) in [4.78, 5) is 11.0. The molecule has 0 spiro atoms. The fourth-order valence-electron chi connectivity index (χ4n) is 2.05. The van der Waals surface area contributed by atoms with Crippen molar-refractivity contribution >= 4 is 5.78 Å². The predicted molar refractivity (Wildman–Crippen MR) is 65.0 cm³/mol. The van der Waals surface area contributed by atoms with E-state index in [1.165, 1.54) is 5.56 Å². The molecule has 1 unspecified atom stereocenters. The summed E-state index contributed by atoms with van der Waals surface area (Å²) in [6.07, 6.45) is 1.39. The zero-order chi connectivity index (χ0) is 12.1. The van der Waals surface area contributed by atoms with Gasteiger partial charge in [0.15, 0.2) is 0 Å². The fourth-order valence-corrected chi connectivity index (χ4v) is 2.05. The van der Waals surface area contributed by atoms with Crippen molar-refractivity contribution in [3.63, 3.8) is 0 Å². The molecule has 1 saturated heterocycles. The number of ketones is 1. The van der Waals surface area contributed by atoms with E-state index in [0.717, 1.165) is 12.0 Å². The summed E-state index contributed by atoms with van der Waals surface area (Å²) in [5.41, 5.74) is 2.35. The Morgan fingerprint density at radius 1 is 1.26 bits per heavy atom. The summed E-state index contributed by atoms with van der Waals surface area (Å²) in [7, 11) is 0. The molecule has 1 aliphatic rings. The maximum absolute atomic E-state index is 11.0. The Hall–Kier alpha value is 0.135. The van der Waals surface area contributed by atoms with Crippen LogP contribution < -0.4 is 0 Å². The number of hydrogen-bond acceptors (Lipinski definition) is 3. The van der Waals surface area contributed by atoms with Gasteiger partial charge in [0.1, 0.15) is 11.9 Å². The van der Waals surface area contributed by atoms with Gasteiger partial charge in [-0.15, -0.1) is 0 Å². The van der Waals surface area contributed by atoms with Gasteiger partial charge >= 0.3 is 0 Å². The van der Waals surface area contributed by atoms with Crippen molar-refractivity contribution in [2.75, 3.05) is 19.8 Å². The van der Waals surface area contributed by atoms with Crippen LogP contribution in [0.25, 0.3) is 0 Å². The Morgan fingerprint density at radius 2 is 2.00 bits per heavy atom. The summed E-state index contributed by atoms with van der Waals surface area (Å²) >= 11 is 0. The van der Waals surface area contributed by atoms with Crippen LogP contribution in [0.5, 0.6) is 0 Å². The minimum Gasteiger partial charge on any atom is -0.376 e. The first-order valence-electron chi connectivity index (χ1n) is 6.04. The topological polar surface area (TPSA) is 35.5 Å². The van der Waals surface area contributed by atoms with Crippen molar-refractivity contribution < 1.29 is 55.1 Å². The number of rotatable bonds is 4. The van der Waals surface area contributed by atoms with Crippen LogP contribution in [-0.4, -0.2) is 25.6 Å². The van der Waals surface area contributed by atoms with Gasteiger partial charge in [-0.3, -0.25) is 0 Å². The average molecular weight is 447 g/mol. The van der Waals surface area contributed by atoms with E-state index in [4.69, 9.17) is 9.47 Å². The van der Waals surface area contributed by atoms with E-state index in [9.17, 15) is 4.79 Å². The minimum absolute atomic E-state index is 0. The van der Waals surface area contributed by atoms with E-state index in [0.29, 0.717) is 26.2 Å². The number of hydrogen-bond donors (Lipinski definition) is 0. The number of carbonyl (C=O) groups is 1. The fraction of sp³-hybridized carbons (Fsp3) is 0.500. The van der Waals surface area contributed by atoms with Gasteiger partial charge in [0, 0.05) is 47.3 Å². The molecule has 0 saturated carbocycles. The molecule has 0 bridgehead atoms. The third-order valence-electron chi connectivity index (χ3n) is 2.96. The number of carbonyl (C=O) groups excluding carboxylic acids is 1. The van der Waals surface area contributed by atoms with E-state index in [1.54, 1.807) is 6.92 Å². The van der Waals surface area contributed by atoms with Crippen molar-refractivity contribution in [2.24, 2.45) is 0 Å². The van der Waals surface area contributed by atoms with Gasteiger partial charge in [0.2, 0.25) is 0 Å². The molecule has 0 amide bonds. The molecule has 1 aromatic carbocycles. The van der Waals surface area contributed by atoms with Crippen molar-refractivity contribution in [3.8, 4) is 0 Å². The van der Waals surface area contributed by atoms with Crippen LogP contribution in [0.2, 0.25) is 0 Å². The molecule has 1 aromatic rings. The Balaban J connectivity index is 0.00000162. The molecular formula is C14H18O3Pd2. The SMILES string of the molecule is CC(=O)CCc1ccccc1C1COCCO1.[Pd].[Pd]. The Labute approximate surface area is 141 Å². The number of Topliss-reactive ketones (excluding diaryl/α,β-unsaturated/α-hetero) is 1. The van der Waals surface area contributed by atoms with E-state index < -0.39 is 0 Å². The summed E-state index contributed by atoms with van der Waals surface area (Å²) in [5, 5.41) is 0. The molecule has 5 heteroatoms. The predicted octanol–water partition coefficient (Wildman–Crippen LogP) is 2.29.